The molecule has 1 aliphatic rings. The highest BCUT2D eigenvalue weighted by atomic mass is 16.5. The van der Waals surface area contributed by atoms with Crippen molar-refractivity contribution in [3.8, 4) is 11.1 Å². The van der Waals surface area contributed by atoms with E-state index in [-0.39, 0.29) is 36.8 Å². The Morgan fingerprint density at radius 1 is 0.971 bits per heavy atom. The van der Waals surface area contributed by atoms with Crippen LogP contribution in [0.2, 0.25) is 0 Å². The monoisotopic (exact) mass is 466 g/mol. The van der Waals surface area contributed by atoms with Crippen LogP contribution in [0.4, 0.5) is 4.79 Å². The van der Waals surface area contributed by atoms with Crippen LogP contribution in [0.25, 0.3) is 11.1 Å². The highest BCUT2D eigenvalue weighted by Crippen LogP contribution is 2.44. The molecule has 2 unspecified atom stereocenters. The van der Waals surface area contributed by atoms with E-state index in [4.69, 9.17) is 4.74 Å². The predicted octanol–water partition coefficient (Wildman–Crippen LogP) is 4.41. The second kappa shape index (κ2) is 11.2. The molecule has 0 aliphatic heterocycles. The van der Waals surface area contributed by atoms with Gasteiger partial charge in [0.05, 0.1) is 5.92 Å². The molecule has 7 nitrogen and oxygen atoms in total. The van der Waals surface area contributed by atoms with Crippen LogP contribution < -0.4 is 10.6 Å². The third-order valence-electron chi connectivity index (χ3n) is 6.73. The number of nitrogens with one attached hydrogen (secondary N) is 2. The van der Waals surface area contributed by atoms with Crippen LogP contribution in [0.5, 0.6) is 0 Å². The summed E-state index contributed by atoms with van der Waals surface area (Å²) in [6, 6.07) is 15.2. The zero-order chi connectivity index (χ0) is 24.8. The first kappa shape index (κ1) is 25.3. The van der Waals surface area contributed by atoms with E-state index in [1.807, 2.05) is 45.0 Å². The van der Waals surface area contributed by atoms with Gasteiger partial charge in [0.25, 0.3) is 0 Å². The Morgan fingerprint density at radius 3 is 2.03 bits per heavy atom. The second-order valence-electron chi connectivity index (χ2n) is 9.27. The SMILES string of the molecule is CCC(C)[C@H](NC(=O)C(CNC(=O)OCC1c2ccccc2-c2ccccc21)C(C)C)C(=O)O. The summed E-state index contributed by atoms with van der Waals surface area (Å²) < 4.78 is 5.55. The molecular formula is C27H34N2O5. The Kier molecular flexibility index (Phi) is 8.31. The minimum absolute atomic E-state index is 0.0470. The summed E-state index contributed by atoms with van der Waals surface area (Å²) in [4.78, 5) is 36.9. The lowest BCUT2D eigenvalue weighted by Crippen LogP contribution is -2.50. The molecule has 34 heavy (non-hydrogen) atoms. The average molecular weight is 467 g/mol. The lowest BCUT2D eigenvalue weighted by Gasteiger charge is -2.25. The van der Waals surface area contributed by atoms with E-state index in [1.165, 1.54) is 0 Å². The summed E-state index contributed by atoms with van der Waals surface area (Å²) in [6.07, 6.45) is 0.0266. The van der Waals surface area contributed by atoms with Crippen molar-refractivity contribution < 1.29 is 24.2 Å². The van der Waals surface area contributed by atoms with Gasteiger partial charge < -0.3 is 20.5 Å². The van der Waals surface area contributed by atoms with Crippen molar-refractivity contribution in [1.82, 2.24) is 10.6 Å². The van der Waals surface area contributed by atoms with Gasteiger partial charge in [0.1, 0.15) is 12.6 Å². The fourth-order valence-electron chi connectivity index (χ4n) is 4.42. The maximum Gasteiger partial charge on any atom is 0.407 e. The molecule has 0 heterocycles. The summed E-state index contributed by atoms with van der Waals surface area (Å²) in [5.41, 5.74) is 4.55. The van der Waals surface area contributed by atoms with Crippen LogP contribution in [0, 0.1) is 17.8 Å². The van der Waals surface area contributed by atoms with Gasteiger partial charge >= 0.3 is 12.1 Å². The Hall–Kier alpha value is -3.35. The van der Waals surface area contributed by atoms with Crippen molar-refractivity contribution in [1.29, 1.82) is 0 Å². The van der Waals surface area contributed by atoms with E-state index in [2.05, 4.69) is 34.9 Å². The number of carbonyl (C=O) groups is 3. The molecule has 2 aromatic carbocycles. The maximum absolute atomic E-state index is 12.8. The number of alkyl carbamates (subject to hydrolysis) is 1. The number of aliphatic carboxylic acids is 1. The van der Waals surface area contributed by atoms with Gasteiger partial charge in [0, 0.05) is 12.5 Å². The third-order valence-corrected chi connectivity index (χ3v) is 6.73. The molecule has 3 N–H and O–H groups in total. The van der Waals surface area contributed by atoms with Crippen molar-refractivity contribution in [3.05, 3.63) is 59.7 Å². The highest BCUT2D eigenvalue weighted by Gasteiger charge is 2.31. The van der Waals surface area contributed by atoms with Gasteiger partial charge in [-0.15, -0.1) is 0 Å². The van der Waals surface area contributed by atoms with Gasteiger partial charge in [0.15, 0.2) is 0 Å². The Bertz CT molecular complexity index is 990. The summed E-state index contributed by atoms with van der Waals surface area (Å²) in [7, 11) is 0. The number of ether oxygens (including phenoxy) is 1. The number of rotatable bonds is 10. The molecule has 0 saturated heterocycles. The zero-order valence-corrected chi connectivity index (χ0v) is 20.2. The molecule has 3 rings (SSSR count). The predicted molar refractivity (Wildman–Crippen MR) is 130 cm³/mol. The molecule has 182 valence electrons. The molecule has 2 aromatic rings. The van der Waals surface area contributed by atoms with Crippen molar-refractivity contribution in [2.75, 3.05) is 13.2 Å². The van der Waals surface area contributed by atoms with E-state index < -0.39 is 24.0 Å². The normalized spacial score (nSPS) is 15.1. The maximum atomic E-state index is 12.8. The molecule has 0 spiro atoms. The molecule has 7 heteroatoms. The van der Waals surface area contributed by atoms with Crippen LogP contribution in [0.3, 0.4) is 0 Å². The van der Waals surface area contributed by atoms with Crippen LogP contribution in [0.1, 0.15) is 51.2 Å². The minimum atomic E-state index is -1.06. The highest BCUT2D eigenvalue weighted by molar-refractivity contribution is 5.86. The van der Waals surface area contributed by atoms with E-state index in [9.17, 15) is 19.5 Å². The van der Waals surface area contributed by atoms with Crippen LogP contribution in [0.15, 0.2) is 48.5 Å². The van der Waals surface area contributed by atoms with Crippen LogP contribution in [-0.2, 0) is 14.3 Å². The molecule has 2 amide bonds. The Balaban J connectivity index is 1.59. The Morgan fingerprint density at radius 2 is 1.53 bits per heavy atom. The van der Waals surface area contributed by atoms with Crippen molar-refractivity contribution in [2.45, 2.75) is 46.1 Å². The molecule has 0 radical (unpaired) electrons. The Labute approximate surface area is 200 Å². The van der Waals surface area contributed by atoms with Gasteiger partial charge in [-0.05, 0) is 34.1 Å². The van der Waals surface area contributed by atoms with Crippen molar-refractivity contribution in [3.63, 3.8) is 0 Å². The average Bonchev–Trinajstić information content (AvgIpc) is 3.14. The first-order valence-corrected chi connectivity index (χ1v) is 11.9. The van der Waals surface area contributed by atoms with Crippen molar-refractivity contribution >= 4 is 18.0 Å². The smallest absolute Gasteiger partial charge is 0.407 e. The number of hydrogen-bond donors (Lipinski definition) is 3. The minimum Gasteiger partial charge on any atom is -0.480 e. The summed E-state index contributed by atoms with van der Waals surface area (Å²) in [5, 5.41) is 14.8. The van der Waals surface area contributed by atoms with Gasteiger partial charge in [-0.1, -0.05) is 82.6 Å². The molecule has 0 aromatic heterocycles. The molecule has 0 fully saturated rings. The van der Waals surface area contributed by atoms with E-state index in [1.54, 1.807) is 6.92 Å². The first-order valence-electron chi connectivity index (χ1n) is 11.9. The number of carboxylic acids is 1. The standard InChI is InChI=1S/C27H34N2O5/c1-5-17(4)24(26(31)32)29-25(30)22(16(2)3)14-28-27(33)34-15-23-20-12-8-6-10-18(20)19-11-7-9-13-21(19)23/h6-13,16-17,22-24H,5,14-15H2,1-4H3,(H,28,33)(H,29,30)(H,31,32)/t17?,22?,24-/m0/s1. The van der Waals surface area contributed by atoms with Crippen molar-refractivity contribution in [2.24, 2.45) is 17.8 Å². The lowest BCUT2D eigenvalue weighted by molar-refractivity contribution is -0.144. The molecule has 1 aliphatic carbocycles. The second-order valence-corrected chi connectivity index (χ2v) is 9.27. The lowest BCUT2D eigenvalue weighted by atomic mass is 9.93. The topological polar surface area (TPSA) is 105 Å². The van der Waals surface area contributed by atoms with E-state index >= 15 is 0 Å². The van der Waals surface area contributed by atoms with E-state index in [0.717, 1.165) is 22.3 Å². The molecular weight excluding hydrogens is 432 g/mol. The van der Waals surface area contributed by atoms with E-state index in [0.29, 0.717) is 6.42 Å². The van der Waals surface area contributed by atoms with Gasteiger partial charge in [-0.25, -0.2) is 9.59 Å². The third kappa shape index (κ3) is 5.58. The van der Waals surface area contributed by atoms with Crippen LogP contribution in [-0.4, -0.2) is 42.3 Å². The van der Waals surface area contributed by atoms with Gasteiger partial charge in [-0.3, -0.25) is 4.79 Å². The quantitative estimate of drug-likeness (QED) is 0.481. The number of carboxylic acid groups (broad SMARTS) is 1. The fourth-order valence-corrected chi connectivity index (χ4v) is 4.42. The van der Waals surface area contributed by atoms with Gasteiger partial charge in [-0.2, -0.15) is 0 Å². The number of hydrogen-bond acceptors (Lipinski definition) is 4. The summed E-state index contributed by atoms with van der Waals surface area (Å²) in [6.45, 7) is 7.65. The number of carbonyl (C=O) groups excluding carboxylic acids is 2. The number of amides is 2. The molecule has 0 saturated carbocycles. The summed E-state index contributed by atoms with van der Waals surface area (Å²) in [5.74, 6) is -2.37. The zero-order valence-electron chi connectivity index (χ0n) is 20.2. The summed E-state index contributed by atoms with van der Waals surface area (Å²) >= 11 is 0. The first-order chi connectivity index (χ1) is 16.2. The molecule has 3 atom stereocenters. The van der Waals surface area contributed by atoms with Crippen LogP contribution >= 0.6 is 0 Å². The molecule has 0 bridgehead atoms. The largest absolute Gasteiger partial charge is 0.480 e. The number of fused-ring (bicyclic) bond motifs is 3. The fraction of sp³-hybridized carbons (Fsp3) is 0.444. The van der Waals surface area contributed by atoms with Gasteiger partial charge in [0.2, 0.25) is 5.91 Å². The number of benzene rings is 2.